The third kappa shape index (κ3) is 3.65. The Balaban J connectivity index is 1.65. The maximum absolute atomic E-state index is 13.0. The molecule has 10 heteroatoms. The number of phenolic OH excluding ortho intramolecular Hbond substituents is 1. The lowest BCUT2D eigenvalue weighted by Crippen LogP contribution is -2.60. The summed E-state index contributed by atoms with van der Waals surface area (Å²) in [5.41, 5.74) is 4.39. The molecule has 9 nitrogen and oxygen atoms in total. The van der Waals surface area contributed by atoms with E-state index in [1.54, 1.807) is 35.5 Å². The van der Waals surface area contributed by atoms with Crippen LogP contribution in [0.1, 0.15) is 38.5 Å². The molecule has 38 heavy (non-hydrogen) atoms. The van der Waals surface area contributed by atoms with Gasteiger partial charge in [-0.25, -0.2) is 14.8 Å². The predicted molar refractivity (Wildman–Crippen MR) is 152 cm³/mol. The molecule has 0 unspecified atom stereocenters. The molecule has 5 aromatic rings. The molecule has 0 bridgehead atoms. The lowest BCUT2D eigenvalue weighted by atomic mass is 9.95. The second-order valence-corrected chi connectivity index (χ2v) is 12.9. The van der Waals surface area contributed by atoms with E-state index in [2.05, 4.69) is 41.3 Å². The number of imidazole rings is 2. The molecule has 0 aliphatic carbocycles. The van der Waals surface area contributed by atoms with Crippen molar-refractivity contribution in [3.8, 4) is 21.9 Å². The minimum absolute atomic E-state index is 0.112. The quantitative estimate of drug-likeness (QED) is 0.361. The maximum atomic E-state index is 13.0. The first-order valence-corrected chi connectivity index (χ1v) is 13.4. The van der Waals surface area contributed by atoms with E-state index >= 15 is 0 Å². The van der Waals surface area contributed by atoms with Gasteiger partial charge in [-0.15, -0.1) is 11.3 Å². The number of hydrogen-bond donors (Lipinski definition) is 2. The number of aliphatic hydroxyl groups is 1. The Kier molecular flexibility index (Phi) is 5.16. The van der Waals surface area contributed by atoms with Crippen LogP contribution in [0.15, 0.2) is 35.3 Å². The Bertz CT molecular complexity index is 1810. The fourth-order valence-electron chi connectivity index (χ4n) is 5.49. The lowest BCUT2D eigenvalue weighted by molar-refractivity contribution is 0.0312. The van der Waals surface area contributed by atoms with Crippen LogP contribution in [-0.4, -0.2) is 52.6 Å². The first-order chi connectivity index (χ1) is 17.7. The van der Waals surface area contributed by atoms with Crippen LogP contribution in [-0.2, 0) is 19.5 Å². The molecular formula is C28H32N6O3S. The van der Waals surface area contributed by atoms with Gasteiger partial charge in [-0.2, -0.15) is 0 Å². The number of aromatic hydroxyl groups is 1. The first-order valence-electron chi connectivity index (χ1n) is 12.6. The van der Waals surface area contributed by atoms with E-state index in [1.807, 2.05) is 26.0 Å². The molecule has 2 N–H and O–H groups in total. The number of aromatic nitrogens is 5. The van der Waals surface area contributed by atoms with Gasteiger partial charge in [-0.05, 0) is 32.0 Å². The SMILES string of the molecule is Cc1ncc(-c2cc3nc(C(C)(C)C)n(-c4cc(N5CC(C)(O)C5)c5c(c4)n(C)c(=O)n5C)c3cc2O)s1. The zero-order chi connectivity index (χ0) is 27.3. The van der Waals surface area contributed by atoms with Crippen molar-refractivity contribution in [3.05, 3.63) is 51.8 Å². The number of benzene rings is 2. The second kappa shape index (κ2) is 7.94. The summed E-state index contributed by atoms with van der Waals surface area (Å²) >= 11 is 1.53. The number of β-amino-alcohol motifs (C(OH)–C–C–N with tert-alkyl or cyclic N) is 1. The molecule has 1 aliphatic rings. The number of phenols is 1. The standard InChI is InChI=1S/C28H32N6O3S/c1-15-29-12-23(38-15)17-10-18-19(11-22(17)35)34(25(30-18)27(2,3)4)16-8-20-24(32(7)26(36)31(20)6)21(9-16)33-13-28(5,37)14-33/h8-12,35,37H,13-14H2,1-7H3. The molecule has 0 atom stereocenters. The zero-order valence-corrected chi connectivity index (χ0v) is 23.5. The van der Waals surface area contributed by atoms with Crippen molar-refractivity contribution in [1.29, 1.82) is 0 Å². The van der Waals surface area contributed by atoms with Gasteiger partial charge in [0.05, 0.1) is 48.9 Å². The van der Waals surface area contributed by atoms with Crippen molar-refractivity contribution in [1.82, 2.24) is 23.7 Å². The minimum atomic E-state index is -0.772. The summed E-state index contributed by atoms with van der Waals surface area (Å²) in [7, 11) is 3.55. The molecule has 6 rings (SSSR count). The Hall–Kier alpha value is -3.63. The van der Waals surface area contributed by atoms with Gasteiger partial charge in [0.2, 0.25) is 0 Å². The summed E-state index contributed by atoms with van der Waals surface area (Å²) in [5, 5.41) is 22.5. The van der Waals surface area contributed by atoms with E-state index in [0.29, 0.717) is 18.7 Å². The maximum Gasteiger partial charge on any atom is 0.328 e. The average Bonchev–Trinajstić information content (AvgIpc) is 3.47. The number of fused-ring (bicyclic) bond motifs is 2. The Morgan fingerprint density at radius 3 is 2.37 bits per heavy atom. The van der Waals surface area contributed by atoms with Crippen LogP contribution < -0.4 is 10.6 Å². The predicted octanol–water partition coefficient (Wildman–Crippen LogP) is 4.22. The molecule has 0 saturated carbocycles. The van der Waals surface area contributed by atoms with Crippen LogP contribution in [0.2, 0.25) is 0 Å². The van der Waals surface area contributed by atoms with E-state index in [-0.39, 0.29) is 16.9 Å². The van der Waals surface area contributed by atoms with Crippen LogP contribution in [0.25, 0.3) is 38.2 Å². The third-order valence-corrected chi connectivity index (χ3v) is 8.26. The van der Waals surface area contributed by atoms with Crippen LogP contribution >= 0.6 is 11.3 Å². The summed E-state index contributed by atoms with van der Waals surface area (Å²) in [6.45, 7) is 11.1. The monoisotopic (exact) mass is 532 g/mol. The van der Waals surface area contributed by atoms with Gasteiger partial charge in [0.1, 0.15) is 11.6 Å². The molecule has 198 valence electrons. The normalized spacial score (nSPS) is 15.5. The largest absolute Gasteiger partial charge is 0.507 e. The van der Waals surface area contributed by atoms with Crippen molar-refractivity contribution in [2.45, 2.75) is 45.6 Å². The van der Waals surface area contributed by atoms with Crippen LogP contribution in [0, 0.1) is 6.92 Å². The molecule has 2 aromatic carbocycles. The highest BCUT2D eigenvalue weighted by Crippen LogP contribution is 2.41. The Labute approximate surface area is 224 Å². The summed E-state index contributed by atoms with van der Waals surface area (Å²) in [4.78, 5) is 25.4. The molecule has 1 fully saturated rings. The van der Waals surface area contributed by atoms with Gasteiger partial charge in [0, 0.05) is 50.4 Å². The van der Waals surface area contributed by atoms with Gasteiger partial charge < -0.3 is 15.1 Å². The van der Waals surface area contributed by atoms with Crippen LogP contribution in [0.5, 0.6) is 5.75 Å². The Morgan fingerprint density at radius 2 is 1.76 bits per heavy atom. The average molecular weight is 533 g/mol. The third-order valence-electron chi connectivity index (χ3n) is 7.32. The number of thiazole rings is 1. The molecule has 3 aromatic heterocycles. The van der Waals surface area contributed by atoms with Crippen molar-refractivity contribution in [3.63, 3.8) is 0 Å². The smallest absolute Gasteiger partial charge is 0.328 e. The second-order valence-electron chi connectivity index (χ2n) is 11.7. The molecular weight excluding hydrogens is 500 g/mol. The van der Waals surface area contributed by atoms with Crippen LogP contribution in [0.4, 0.5) is 5.69 Å². The summed E-state index contributed by atoms with van der Waals surface area (Å²) in [5.74, 6) is 1.00. The lowest BCUT2D eigenvalue weighted by Gasteiger charge is -2.46. The van der Waals surface area contributed by atoms with Crippen molar-refractivity contribution < 1.29 is 10.2 Å². The fraction of sp³-hybridized carbons (Fsp3) is 0.393. The topological polar surface area (TPSA) is 101 Å². The highest BCUT2D eigenvalue weighted by Gasteiger charge is 2.38. The van der Waals surface area contributed by atoms with E-state index in [0.717, 1.165) is 49.2 Å². The van der Waals surface area contributed by atoms with Gasteiger partial charge in [-0.3, -0.25) is 13.7 Å². The highest BCUT2D eigenvalue weighted by molar-refractivity contribution is 7.15. The van der Waals surface area contributed by atoms with Crippen molar-refractivity contribution in [2.24, 2.45) is 14.1 Å². The number of rotatable bonds is 3. The molecule has 1 saturated heterocycles. The van der Waals surface area contributed by atoms with Crippen LogP contribution in [0.3, 0.4) is 0 Å². The molecule has 0 amide bonds. The summed E-state index contributed by atoms with van der Waals surface area (Å²) in [6.07, 6.45) is 1.78. The van der Waals surface area contributed by atoms with E-state index in [4.69, 9.17) is 4.98 Å². The van der Waals surface area contributed by atoms with E-state index in [1.165, 1.54) is 11.3 Å². The first kappa shape index (κ1) is 24.7. The van der Waals surface area contributed by atoms with Crippen molar-refractivity contribution >= 4 is 39.1 Å². The number of nitrogens with zero attached hydrogens (tertiary/aromatic N) is 6. The number of hydrogen-bond acceptors (Lipinski definition) is 7. The van der Waals surface area contributed by atoms with Gasteiger partial charge in [0.25, 0.3) is 0 Å². The van der Waals surface area contributed by atoms with Crippen molar-refractivity contribution in [2.75, 3.05) is 18.0 Å². The molecule has 1 aliphatic heterocycles. The fourth-order valence-corrected chi connectivity index (χ4v) is 6.29. The van der Waals surface area contributed by atoms with E-state index in [9.17, 15) is 15.0 Å². The molecule has 0 spiro atoms. The number of anilines is 1. The van der Waals surface area contributed by atoms with Gasteiger partial charge in [-0.1, -0.05) is 20.8 Å². The Morgan fingerprint density at radius 1 is 1.05 bits per heavy atom. The summed E-state index contributed by atoms with van der Waals surface area (Å²) in [6, 6.07) is 7.76. The highest BCUT2D eigenvalue weighted by atomic mass is 32.1. The van der Waals surface area contributed by atoms with Gasteiger partial charge in [0.15, 0.2) is 0 Å². The number of aryl methyl sites for hydroxylation is 3. The minimum Gasteiger partial charge on any atom is -0.507 e. The molecule has 4 heterocycles. The van der Waals surface area contributed by atoms with Gasteiger partial charge >= 0.3 is 5.69 Å². The zero-order valence-electron chi connectivity index (χ0n) is 22.7. The summed E-state index contributed by atoms with van der Waals surface area (Å²) < 4.78 is 5.39. The molecule has 0 radical (unpaired) electrons. The van der Waals surface area contributed by atoms with E-state index < -0.39 is 5.60 Å².